The summed E-state index contributed by atoms with van der Waals surface area (Å²) in [4.78, 5) is 34.5. The predicted molar refractivity (Wildman–Crippen MR) is 163 cm³/mol. The summed E-state index contributed by atoms with van der Waals surface area (Å²) in [5.74, 6) is 1.04. The van der Waals surface area contributed by atoms with Crippen molar-refractivity contribution in [3.05, 3.63) is 83.9 Å². The first-order valence-electron chi connectivity index (χ1n) is 13.1. The molecule has 0 saturated carbocycles. The van der Waals surface area contributed by atoms with E-state index in [4.69, 9.17) is 9.72 Å². The van der Waals surface area contributed by atoms with Crippen LogP contribution >= 0.6 is 11.3 Å². The van der Waals surface area contributed by atoms with Crippen LogP contribution in [0.25, 0.3) is 10.4 Å². The molecular formula is C29H32N6O4S2. The molecule has 0 spiro atoms. The average Bonchev–Trinajstić information content (AvgIpc) is 3.49. The van der Waals surface area contributed by atoms with Gasteiger partial charge < -0.3 is 20.7 Å². The number of nitrogens with zero attached hydrogens (tertiary/aromatic N) is 3. The number of benzene rings is 2. The van der Waals surface area contributed by atoms with Gasteiger partial charge >= 0.3 is 6.09 Å². The van der Waals surface area contributed by atoms with E-state index in [1.165, 1.54) is 6.26 Å². The molecular weight excluding hydrogens is 560 g/mol. The number of rotatable bonds is 12. The third-order valence-electron chi connectivity index (χ3n) is 5.82. The Hall–Kier alpha value is -4.29. The van der Waals surface area contributed by atoms with E-state index in [2.05, 4.69) is 25.3 Å². The largest absolute Gasteiger partial charge is 0.448 e. The lowest BCUT2D eigenvalue weighted by molar-refractivity contribution is -0.120. The zero-order valence-corrected chi connectivity index (χ0v) is 24.5. The molecule has 4 rings (SSSR count). The van der Waals surface area contributed by atoms with Crippen LogP contribution in [0.2, 0.25) is 0 Å². The standard InChI is InChI=1S/C29H32N6O4S2/c1-3-39-29(37)35-41(2,38)23-14-12-22(13-15-23)33-28-32-20-24(25-11-7-18-40-25)27(34-28)31-17-8-16-30-26(36)19-21-9-5-4-6-10-21/h4-7,9-15,18,20H,3,8,16-17,19H2,1-2H3,(H,30,36)(H2,31,32,33,34). The molecule has 0 saturated heterocycles. The van der Waals surface area contributed by atoms with Crippen LogP contribution < -0.4 is 16.0 Å². The van der Waals surface area contributed by atoms with E-state index in [-0.39, 0.29) is 12.5 Å². The summed E-state index contributed by atoms with van der Waals surface area (Å²) < 4.78 is 21.3. The maximum atomic E-state index is 12.9. The number of hydrogen-bond acceptors (Lipinski definition) is 9. The third kappa shape index (κ3) is 8.85. The Morgan fingerprint density at radius 2 is 1.80 bits per heavy atom. The van der Waals surface area contributed by atoms with Crippen LogP contribution in [0.4, 0.5) is 22.2 Å². The number of carbonyl (C=O) groups is 2. The molecule has 12 heteroatoms. The second-order valence-electron chi connectivity index (χ2n) is 8.97. The van der Waals surface area contributed by atoms with Gasteiger partial charge in [0.2, 0.25) is 11.9 Å². The van der Waals surface area contributed by atoms with Gasteiger partial charge in [-0.2, -0.15) is 4.98 Å². The Morgan fingerprint density at radius 1 is 1.02 bits per heavy atom. The minimum atomic E-state index is -2.94. The second kappa shape index (κ2) is 14.4. The molecule has 4 aromatic rings. The summed E-state index contributed by atoms with van der Waals surface area (Å²) in [6.07, 6.45) is 3.37. The summed E-state index contributed by atoms with van der Waals surface area (Å²) in [6, 6.07) is 20.3. The van der Waals surface area contributed by atoms with E-state index >= 15 is 0 Å². The van der Waals surface area contributed by atoms with E-state index < -0.39 is 15.8 Å². The Bertz CT molecular complexity index is 1570. The van der Waals surface area contributed by atoms with E-state index in [9.17, 15) is 13.8 Å². The van der Waals surface area contributed by atoms with Crippen LogP contribution in [-0.2, 0) is 25.7 Å². The van der Waals surface area contributed by atoms with Gasteiger partial charge in [-0.3, -0.25) is 4.79 Å². The van der Waals surface area contributed by atoms with Gasteiger partial charge in [0.15, 0.2) is 0 Å². The second-order valence-corrected chi connectivity index (χ2v) is 12.2. The van der Waals surface area contributed by atoms with Gasteiger partial charge in [0, 0.05) is 41.0 Å². The van der Waals surface area contributed by atoms with Crippen LogP contribution in [0, 0.1) is 0 Å². The molecule has 0 aliphatic carbocycles. The molecule has 0 radical (unpaired) electrons. The molecule has 10 nitrogen and oxygen atoms in total. The van der Waals surface area contributed by atoms with Crippen LogP contribution in [0.3, 0.4) is 0 Å². The van der Waals surface area contributed by atoms with Crippen molar-refractivity contribution in [1.29, 1.82) is 0 Å². The monoisotopic (exact) mass is 592 g/mol. The predicted octanol–water partition coefficient (Wildman–Crippen LogP) is 5.72. The zero-order valence-electron chi connectivity index (χ0n) is 22.8. The average molecular weight is 593 g/mol. The Morgan fingerprint density at radius 3 is 2.51 bits per heavy atom. The Kier molecular flexibility index (Phi) is 10.4. The van der Waals surface area contributed by atoms with E-state index in [0.29, 0.717) is 48.3 Å². The van der Waals surface area contributed by atoms with Crippen molar-refractivity contribution in [2.75, 3.05) is 36.6 Å². The van der Waals surface area contributed by atoms with Crippen molar-refractivity contribution in [3.8, 4) is 10.4 Å². The summed E-state index contributed by atoms with van der Waals surface area (Å²) >= 11 is 1.59. The number of aromatic nitrogens is 2. The SMILES string of the molecule is CCOC(=O)N=S(C)(=O)c1ccc(Nc2ncc(-c3cccs3)c(NCCCNC(=O)Cc3ccccc3)n2)cc1. The van der Waals surface area contributed by atoms with Gasteiger partial charge in [0.05, 0.1) is 28.3 Å². The highest BCUT2D eigenvalue weighted by atomic mass is 32.2. The number of ether oxygens (including phenoxy) is 1. The maximum absolute atomic E-state index is 12.9. The molecule has 2 amide bonds. The minimum Gasteiger partial charge on any atom is -0.448 e. The van der Waals surface area contributed by atoms with Gasteiger partial charge in [0.25, 0.3) is 0 Å². The van der Waals surface area contributed by atoms with Crippen LogP contribution in [0.5, 0.6) is 0 Å². The highest BCUT2D eigenvalue weighted by Gasteiger charge is 2.13. The lowest BCUT2D eigenvalue weighted by Crippen LogP contribution is -2.27. The quantitative estimate of drug-likeness (QED) is 0.178. The number of thiophene rings is 1. The number of carbonyl (C=O) groups excluding carboxylic acids is 2. The fraction of sp³-hybridized carbons (Fsp3) is 0.241. The van der Waals surface area contributed by atoms with Crippen LogP contribution in [-0.4, -0.2) is 52.1 Å². The molecule has 0 fully saturated rings. The number of amides is 2. The third-order valence-corrected chi connectivity index (χ3v) is 8.36. The summed E-state index contributed by atoms with van der Waals surface area (Å²) in [5.41, 5.74) is 2.53. The van der Waals surface area contributed by atoms with Gasteiger partial charge in [-0.15, -0.1) is 15.7 Å². The minimum absolute atomic E-state index is 0.0107. The maximum Gasteiger partial charge on any atom is 0.442 e. The molecule has 2 aromatic heterocycles. The lowest BCUT2D eigenvalue weighted by atomic mass is 10.1. The van der Waals surface area contributed by atoms with Gasteiger partial charge in [-0.1, -0.05) is 36.4 Å². The normalized spacial score (nSPS) is 12.1. The van der Waals surface area contributed by atoms with Gasteiger partial charge in [-0.25, -0.2) is 14.0 Å². The van der Waals surface area contributed by atoms with Crippen LogP contribution in [0.1, 0.15) is 18.9 Å². The molecule has 2 aromatic carbocycles. The number of hydrogen-bond donors (Lipinski definition) is 3. The van der Waals surface area contributed by atoms with Crippen molar-refractivity contribution < 1.29 is 18.5 Å². The summed E-state index contributed by atoms with van der Waals surface area (Å²) in [7, 11) is -2.94. The van der Waals surface area contributed by atoms with Crippen molar-refractivity contribution in [2.24, 2.45) is 4.36 Å². The van der Waals surface area contributed by atoms with Gasteiger partial charge in [0.1, 0.15) is 5.82 Å². The molecule has 0 aliphatic heterocycles. The molecule has 41 heavy (non-hydrogen) atoms. The van der Waals surface area contributed by atoms with Crippen molar-refractivity contribution >= 4 is 50.5 Å². The summed E-state index contributed by atoms with van der Waals surface area (Å²) in [6.45, 7) is 2.96. The van der Waals surface area contributed by atoms with Gasteiger partial charge in [-0.05, 0) is 54.6 Å². The highest BCUT2D eigenvalue weighted by Crippen LogP contribution is 2.31. The van der Waals surface area contributed by atoms with Crippen molar-refractivity contribution in [2.45, 2.75) is 24.7 Å². The molecule has 0 bridgehead atoms. The first-order chi connectivity index (χ1) is 19.8. The summed E-state index contributed by atoms with van der Waals surface area (Å²) in [5, 5.41) is 11.5. The molecule has 1 unspecified atom stereocenters. The highest BCUT2D eigenvalue weighted by molar-refractivity contribution is 7.93. The topological polar surface area (TPSA) is 135 Å². The fourth-order valence-corrected chi connectivity index (χ4v) is 5.64. The molecule has 2 heterocycles. The molecule has 0 aliphatic rings. The zero-order chi connectivity index (χ0) is 29.1. The number of nitrogens with one attached hydrogen (secondary N) is 3. The molecule has 3 N–H and O–H groups in total. The first-order valence-corrected chi connectivity index (χ1v) is 15.9. The van der Waals surface area contributed by atoms with E-state index in [1.807, 2.05) is 47.8 Å². The van der Waals surface area contributed by atoms with Crippen LogP contribution in [0.15, 0.2) is 87.6 Å². The Labute approximate surface area is 243 Å². The van der Waals surface area contributed by atoms with E-state index in [0.717, 1.165) is 16.0 Å². The molecule has 1 atom stereocenters. The first kappa shape index (κ1) is 29.7. The number of anilines is 3. The van der Waals surface area contributed by atoms with Crippen molar-refractivity contribution in [1.82, 2.24) is 15.3 Å². The smallest absolute Gasteiger partial charge is 0.442 e. The van der Waals surface area contributed by atoms with Crippen molar-refractivity contribution in [3.63, 3.8) is 0 Å². The van der Waals surface area contributed by atoms with E-state index in [1.54, 1.807) is 48.7 Å². The lowest BCUT2D eigenvalue weighted by Gasteiger charge is -2.13. The fourth-order valence-electron chi connectivity index (χ4n) is 3.82. The Balaban J connectivity index is 1.38. The molecule has 214 valence electrons.